The first-order valence-electron chi connectivity index (χ1n) is 5.57. The molecule has 1 aromatic carbocycles. The topological polar surface area (TPSA) is 73.1 Å². The first-order valence-corrected chi connectivity index (χ1v) is 6.10. The molecule has 0 unspecified atom stereocenters. The van der Waals surface area contributed by atoms with E-state index in [0.29, 0.717) is 12.0 Å². The van der Waals surface area contributed by atoms with Crippen LogP contribution in [0.3, 0.4) is 0 Å². The lowest BCUT2D eigenvalue weighted by Crippen LogP contribution is -2.44. The molecule has 0 saturated heterocycles. The quantitative estimate of drug-likeness (QED) is 0.787. The lowest BCUT2D eigenvalue weighted by molar-refractivity contribution is -0.120. The number of rotatable bonds is 5. The van der Waals surface area contributed by atoms with Crippen LogP contribution < -0.4 is 5.32 Å². The van der Waals surface area contributed by atoms with Gasteiger partial charge in [0.2, 0.25) is 5.91 Å². The number of amides is 1. The molecule has 96 valence electrons. The van der Waals surface area contributed by atoms with Gasteiger partial charge in [0.1, 0.15) is 0 Å². The molecule has 0 heterocycles. The zero-order valence-corrected chi connectivity index (χ0v) is 10.8. The molecule has 0 aliphatic heterocycles. The van der Waals surface area contributed by atoms with Crippen molar-refractivity contribution in [2.75, 3.05) is 5.88 Å². The zero-order valence-electron chi connectivity index (χ0n) is 10.1. The smallest absolute Gasteiger partial charge is 0.217 e. The predicted octanol–water partition coefficient (Wildman–Crippen LogP) is 1.21. The van der Waals surface area contributed by atoms with Gasteiger partial charge in [-0.05, 0) is 24.1 Å². The molecule has 0 aromatic heterocycles. The van der Waals surface area contributed by atoms with Crippen LogP contribution in [0.2, 0.25) is 0 Å². The van der Waals surface area contributed by atoms with Crippen molar-refractivity contribution >= 4 is 17.5 Å². The second-order valence-electron chi connectivity index (χ2n) is 4.04. The third-order valence-corrected chi connectivity index (χ3v) is 2.87. The molecule has 1 aromatic rings. The van der Waals surface area contributed by atoms with Crippen LogP contribution in [-0.4, -0.2) is 29.0 Å². The van der Waals surface area contributed by atoms with Crippen molar-refractivity contribution in [3.05, 3.63) is 35.4 Å². The van der Waals surface area contributed by atoms with Crippen molar-refractivity contribution in [2.24, 2.45) is 0 Å². The largest absolute Gasteiger partial charge is 0.390 e. The van der Waals surface area contributed by atoms with E-state index in [4.69, 9.17) is 16.9 Å². The Morgan fingerprint density at radius 1 is 1.50 bits per heavy atom. The van der Waals surface area contributed by atoms with E-state index in [-0.39, 0.29) is 11.8 Å². The van der Waals surface area contributed by atoms with Crippen LogP contribution in [0.25, 0.3) is 0 Å². The van der Waals surface area contributed by atoms with Gasteiger partial charge < -0.3 is 10.4 Å². The molecule has 1 rings (SSSR count). The maximum absolute atomic E-state index is 11.1. The number of benzene rings is 1. The van der Waals surface area contributed by atoms with Crippen LogP contribution in [0.4, 0.5) is 0 Å². The van der Waals surface area contributed by atoms with Crippen LogP contribution in [0.1, 0.15) is 18.1 Å². The average Bonchev–Trinajstić information content (AvgIpc) is 2.37. The van der Waals surface area contributed by atoms with Crippen molar-refractivity contribution in [3.63, 3.8) is 0 Å². The van der Waals surface area contributed by atoms with E-state index in [1.54, 1.807) is 24.3 Å². The van der Waals surface area contributed by atoms with Crippen LogP contribution in [0.5, 0.6) is 0 Å². The molecule has 0 spiro atoms. The highest BCUT2D eigenvalue weighted by Crippen LogP contribution is 2.09. The normalized spacial score (nSPS) is 13.4. The van der Waals surface area contributed by atoms with E-state index >= 15 is 0 Å². The summed E-state index contributed by atoms with van der Waals surface area (Å²) in [5.74, 6) is -0.154. The number of hydrogen-bond donors (Lipinski definition) is 2. The summed E-state index contributed by atoms with van der Waals surface area (Å²) >= 11 is 5.60. The van der Waals surface area contributed by atoms with E-state index in [1.165, 1.54) is 6.92 Å². The Labute approximate surface area is 111 Å². The Kier molecular flexibility index (Phi) is 5.63. The molecular formula is C13H15ClN2O2. The summed E-state index contributed by atoms with van der Waals surface area (Å²) in [5, 5.41) is 21.1. The minimum atomic E-state index is -0.800. The summed E-state index contributed by atoms with van der Waals surface area (Å²) in [4.78, 5) is 11.1. The fourth-order valence-electron chi connectivity index (χ4n) is 1.62. The monoisotopic (exact) mass is 266 g/mol. The minimum Gasteiger partial charge on any atom is -0.390 e. The van der Waals surface area contributed by atoms with Gasteiger partial charge >= 0.3 is 0 Å². The number of nitrogens with one attached hydrogen (secondary N) is 1. The molecule has 2 atom stereocenters. The molecule has 0 aliphatic rings. The number of aliphatic hydroxyl groups is 1. The fraction of sp³-hybridized carbons (Fsp3) is 0.385. The molecule has 0 aliphatic carbocycles. The van der Waals surface area contributed by atoms with Gasteiger partial charge in [-0.25, -0.2) is 0 Å². The van der Waals surface area contributed by atoms with E-state index in [1.807, 2.05) is 6.07 Å². The maximum Gasteiger partial charge on any atom is 0.217 e. The summed E-state index contributed by atoms with van der Waals surface area (Å²) in [6.45, 7) is 1.40. The summed E-state index contributed by atoms with van der Waals surface area (Å²) in [6, 6.07) is 8.61. The first kappa shape index (κ1) is 14.5. The fourth-order valence-corrected chi connectivity index (χ4v) is 1.84. The number of nitriles is 1. The van der Waals surface area contributed by atoms with Gasteiger partial charge in [-0.15, -0.1) is 11.6 Å². The van der Waals surface area contributed by atoms with E-state index in [2.05, 4.69) is 5.32 Å². The summed E-state index contributed by atoms with van der Waals surface area (Å²) < 4.78 is 0. The highest BCUT2D eigenvalue weighted by Gasteiger charge is 2.19. The number of nitrogens with zero attached hydrogens (tertiary/aromatic N) is 1. The Hall–Kier alpha value is -1.57. The lowest BCUT2D eigenvalue weighted by Gasteiger charge is -2.22. The zero-order chi connectivity index (χ0) is 13.5. The number of halogens is 1. The first-order chi connectivity index (χ1) is 8.56. The molecule has 0 saturated carbocycles. The van der Waals surface area contributed by atoms with Crippen molar-refractivity contribution in [1.82, 2.24) is 5.32 Å². The Morgan fingerprint density at radius 2 is 2.11 bits per heavy atom. The molecule has 18 heavy (non-hydrogen) atoms. The summed E-state index contributed by atoms with van der Waals surface area (Å²) in [5.41, 5.74) is 1.50. The number of hydrogen-bond acceptors (Lipinski definition) is 3. The number of carbonyl (C=O) groups is 1. The standard InChI is InChI=1S/C13H15ClN2O2/c1-9(17)16-12(13(18)7-14)6-10-2-4-11(8-15)5-3-10/h2-5,12-13,18H,6-7H2,1H3,(H,16,17)/t12-,13+/m0/s1. The Balaban J connectivity index is 2.75. The summed E-state index contributed by atoms with van der Waals surface area (Å²) in [6.07, 6.45) is -0.328. The molecule has 1 amide bonds. The third kappa shape index (κ3) is 4.36. The van der Waals surface area contributed by atoms with Crippen molar-refractivity contribution in [1.29, 1.82) is 5.26 Å². The second-order valence-corrected chi connectivity index (χ2v) is 4.35. The van der Waals surface area contributed by atoms with Crippen LogP contribution >= 0.6 is 11.6 Å². The van der Waals surface area contributed by atoms with Gasteiger partial charge in [0.25, 0.3) is 0 Å². The van der Waals surface area contributed by atoms with Crippen LogP contribution in [0.15, 0.2) is 24.3 Å². The molecule has 2 N–H and O–H groups in total. The molecule has 5 heteroatoms. The average molecular weight is 267 g/mol. The highest BCUT2D eigenvalue weighted by molar-refractivity contribution is 6.18. The highest BCUT2D eigenvalue weighted by atomic mass is 35.5. The molecule has 4 nitrogen and oxygen atoms in total. The van der Waals surface area contributed by atoms with Crippen molar-refractivity contribution in [3.8, 4) is 6.07 Å². The van der Waals surface area contributed by atoms with Gasteiger partial charge in [-0.2, -0.15) is 5.26 Å². The van der Waals surface area contributed by atoms with Gasteiger partial charge in [0.05, 0.1) is 29.7 Å². The SMILES string of the molecule is CC(=O)N[C@@H](Cc1ccc(C#N)cc1)[C@H](O)CCl. The second kappa shape index (κ2) is 7.00. The summed E-state index contributed by atoms with van der Waals surface area (Å²) in [7, 11) is 0. The Morgan fingerprint density at radius 3 is 2.56 bits per heavy atom. The van der Waals surface area contributed by atoms with Crippen LogP contribution in [0, 0.1) is 11.3 Å². The molecule has 0 fully saturated rings. The van der Waals surface area contributed by atoms with Gasteiger partial charge in [0, 0.05) is 6.92 Å². The van der Waals surface area contributed by atoms with Gasteiger partial charge in [-0.3, -0.25) is 4.79 Å². The lowest BCUT2D eigenvalue weighted by atomic mass is 10.0. The maximum atomic E-state index is 11.1. The predicted molar refractivity (Wildman–Crippen MR) is 69.2 cm³/mol. The van der Waals surface area contributed by atoms with Crippen molar-refractivity contribution in [2.45, 2.75) is 25.5 Å². The third-order valence-electron chi connectivity index (χ3n) is 2.55. The Bertz CT molecular complexity index is 439. The van der Waals surface area contributed by atoms with Gasteiger partial charge in [-0.1, -0.05) is 12.1 Å². The van der Waals surface area contributed by atoms with E-state index < -0.39 is 12.1 Å². The van der Waals surface area contributed by atoms with Crippen LogP contribution in [-0.2, 0) is 11.2 Å². The van der Waals surface area contributed by atoms with Crippen molar-refractivity contribution < 1.29 is 9.90 Å². The van der Waals surface area contributed by atoms with Gasteiger partial charge in [0.15, 0.2) is 0 Å². The number of carbonyl (C=O) groups excluding carboxylic acids is 1. The van der Waals surface area contributed by atoms with E-state index in [9.17, 15) is 9.90 Å². The number of aliphatic hydroxyl groups excluding tert-OH is 1. The molecule has 0 radical (unpaired) electrons. The minimum absolute atomic E-state index is 0.0568. The van der Waals surface area contributed by atoms with E-state index in [0.717, 1.165) is 5.56 Å². The number of alkyl halides is 1. The molecular weight excluding hydrogens is 252 g/mol. The molecule has 0 bridgehead atoms.